The Kier molecular flexibility index (Phi) is 4.18. The average molecular weight is 329 g/mol. The number of nitrogens with zero attached hydrogens (tertiary/aromatic N) is 3. The largest absolute Gasteiger partial charge is 0.250 e. The van der Waals surface area contributed by atoms with Crippen LogP contribution in [0.5, 0.6) is 0 Å². The van der Waals surface area contributed by atoms with Crippen LogP contribution in [0.1, 0.15) is 11.1 Å². The van der Waals surface area contributed by atoms with Gasteiger partial charge in [0.05, 0.1) is 6.21 Å². The molecule has 0 bridgehead atoms. The van der Waals surface area contributed by atoms with Gasteiger partial charge in [0.25, 0.3) is 0 Å². The molecular formula is C16H13ClN4S. The number of rotatable bonds is 3. The van der Waals surface area contributed by atoms with Crippen LogP contribution >= 0.6 is 23.8 Å². The van der Waals surface area contributed by atoms with Crippen molar-refractivity contribution in [3.63, 3.8) is 0 Å². The first-order chi connectivity index (χ1) is 10.6. The van der Waals surface area contributed by atoms with Gasteiger partial charge >= 0.3 is 0 Å². The molecule has 6 heteroatoms. The third kappa shape index (κ3) is 3.16. The van der Waals surface area contributed by atoms with Crippen LogP contribution in [0.2, 0.25) is 5.02 Å². The van der Waals surface area contributed by atoms with Crippen LogP contribution < -0.4 is 0 Å². The molecule has 0 spiro atoms. The van der Waals surface area contributed by atoms with Gasteiger partial charge in [0.1, 0.15) is 0 Å². The van der Waals surface area contributed by atoms with Crippen molar-refractivity contribution in [1.82, 2.24) is 14.9 Å². The smallest absolute Gasteiger partial charge is 0.216 e. The van der Waals surface area contributed by atoms with Gasteiger partial charge in [0, 0.05) is 10.6 Å². The molecule has 4 nitrogen and oxygen atoms in total. The molecule has 0 aliphatic carbocycles. The zero-order valence-corrected chi connectivity index (χ0v) is 13.4. The van der Waals surface area contributed by atoms with Crippen molar-refractivity contribution < 1.29 is 0 Å². The Hall–Kier alpha value is -2.24. The highest BCUT2D eigenvalue weighted by Crippen LogP contribution is 2.18. The van der Waals surface area contributed by atoms with E-state index in [9.17, 15) is 0 Å². The molecule has 0 aliphatic heterocycles. The van der Waals surface area contributed by atoms with Gasteiger partial charge in [-0.2, -0.15) is 14.9 Å². The molecule has 3 aromatic rings. The minimum absolute atomic E-state index is 0.439. The van der Waals surface area contributed by atoms with Crippen LogP contribution in [0.3, 0.4) is 0 Å². The Morgan fingerprint density at radius 3 is 2.73 bits per heavy atom. The Labute approximate surface area is 138 Å². The van der Waals surface area contributed by atoms with E-state index in [4.69, 9.17) is 23.8 Å². The molecule has 110 valence electrons. The molecule has 1 N–H and O–H groups in total. The minimum atomic E-state index is 0.439. The van der Waals surface area contributed by atoms with E-state index in [1.54, 1.807) is 10.9 Å². The summed E-state index contributed by atoms with van der Waals surface area (Å²) in [5, 5.41) is 12.1. The maximum absolute atomic E-state index is 5.97. The molecule has 0 amide bonds. The van der Waals surface area contributed by atoms with Crippen molar-refractivity contribution in [2.24, 2.45) is 5.10 Å². The molecule has 3 rings (SSSR count). The lowest BCUT2D eigenvalue weighted by Crippen LogP contribution is -1.95. The molecule has 0 saturated carbocycles. The number of halogens is 1. The second-order valence-corrected chi connectivity index (χ2v) is 5.65. The summed E-state index contributed by atoms with van der Waals surface area (Å²) in [4.78, 5) is 0. The van der Waals surface area contributed by atoms with Gasteiger partial charge in [-0.05, 0) is 36.8 Å². The molecule has 0 aliphatic rings. The fraction of sp³-hybridized carbons (Fsp3) is 0.0625. The summed E-state index contributed by atoms with van der Waals surface area (Å²) in [5.74, 6) is 0.670. The van der Waals surface area contributed by atoms with Crippen LogP contribution in [-0.2, 0) is 0 Å². The van der Waals surface area contributed by atoms with Crippen molar-refractivity contribution in [1.29, 1.82) is 0 Å². The fourth-order valence-electron chi connectivity index (χ4n) is 2.00. The third-order valence-electron chi connectivity index (χ3n) is 3.13. The molecular weight excluding hydrogens is 316 g/mol. The highest BCUT2D eigenvalue weighted by Gasteiger charge is 2.07. The lowest BCUT2D eigenvalue weighted by atomic mass is 10.1. The quantitative estimate of drug-likeness (QED) is 0.570. The maximum Gasteiger partial charge on any atom is 0.216 e. The standard InChI is InChI=1S/C16H13ClN4S/c1-11-5-7-13(8-6-11)15-19-20-16(22)21(15)18-10-12-3-2-4-14(17)9-12/h2-10H,1H3,(H,20,22)/b18-10+. The normalized spacial score (nSPS) is 11.2. The molecule has 1 aromatic heterocycles. The fourth-order valence-corrected chi connectivity index (χ4v) is 2.38. The van der Waals surface area contributed by atoms with E-state index >= 15 is 0 Å². The number of aromatic nitrogens is 3. The van der Waals surface area contributed by atoms with Crippen molar-refractivity contribution in [2.45, 2.75) is 6.92 Å². The summed E-state index contributed by atoms with van der Waals surface area (Å²) in [6, 6.07) is 15.5. The lowest BCUT2D eigenvalue weighted by molar-refractivity contribution is 0.871. The van der Waals surface area contributed by atoms with Crippen molar-refractivity contribution >= 4 is 30.0 Å². The minimum Gasteiger partial charge on any atom is -0.250 e. The summed E-state index contributed by atoms with van der Waals surface area (Å²) < 4.78 is 2.04. The number of H-pyrrole nitrogens is 1. The van der Waals surface area contributed by atoms with E-state index in [0.717, 1.165) is 11.1 Å². The van der Waals surface area contributed by atoms with E-state index in [1.165, 1.54) is 5.56 Å². The number of aromatic amines is 1. The topological polar surface area (TPSA) is 46.0 Å². The monoisotopic (exact) mass is 328 g/mol. The highest BCUT2D eigenvalue weighted by molar-refractivity contribution is 7.71. The average Bonchev–Trinajstić information content (AvgIpc) is 2.87. The molecule has 0 fully saturated rings. The van der Waals surface area contributed by atoms with E-state index in [2.05, 4.69) is 15.3 Å². The first-order valence-electron chi connectivity index (χ1n) is 6.68. The predicted molar refractivity (Wildman–Crippen MR) is 92.0 cm³/mol. The van der Waals surface area contributed by atoms with E-state index < -0.39 is 0 Å². The summed E-state index contributed by atoms with van der Waals surface area (Å²) in [6.45, 7) is 2.04. The van der Waals surface area contributed by atoms with Crippen LogP contribution in [0.15, 0.2) is 53.6 Å². The van der Waals surface area contributed by atoms with Crippen molar-refractivity contribution in [3.05, 3.63) is 69.5 Å². The predicted octanol–water partition coefficient (Wildman–Crippen LogP) is 4.45. The van der Waals surface area contributed by atoms with Gasteiger partial charge in [-0.25, -0.2) is 5.10 Å². The van der Waals surface area contributed by atoms with Crippen molar-refractivity contribution in [3.8, 4) is 11.4 Å². The Morgan fingerprint density at radius 1 is 1.23 bits per heavy atom. The summed E-state index contributed by atoms with van der Waals surface area (Å²) in [7, 11) is 0. The van der Waals surface area contributed by atoms with Crippen LogP contribution in [0, 0.1) is 11.7 Å². The molecule has 0 unspecified atom stereocenters. The van der Waals surface area contributed by atoms with Gasteiger partial charge in [-0.15, -0.1) is 0 Å². The molecule has 22 heavy (non-hydrogen) atoms. The van der Waals surface area contributed by atoms with Crippen LogP contribution in [0.25, 0.3) is 11.4 Å². The third-order valence-corrected chi connectivity index (χ3v) is 3.63. The van der Waals surface area contributed by atoms with Crippen molar-refractivity contribution in [2.75, 3.05) is 0 Å². The first kappa shape index (κ1) is 14.7. The Balaban J connectivity index is 1.99. The summed E-state index contributed by atoms with van der Waals surface area (Å²) in [5.41, 5.74) is 3.03. The summed E-state index contributed by atoms with van der Waals surface area (Å²) >= 11 is 11.2. The number of hydrogen-bond donors (Lipinski definition) is 1. The number of aryl methyl sites for hydroxylation is 1. The van der Waals surface area contributed by atoms with Gasteiger partial charge in [0.15, 0.2) is 5.82 Å². The Morgan fingerprint density at radius 2 is 2.00 bits per heavy atom. The number of hydrogen-bond acceptors (Lipinski definition) is 3. The summed E-state index contributed by atoms with van der Waals surface area (Å²) in [6.07, 6.45) is 1.70. The maximum atomic E-state index is 5.97. The van der Waals surface area contributed by atoms with Gasteiger partial charge in [-0.1, -0.05) is 53.6 Å². The number of benzene rings is 2. The second kappa shape index (κ2) is 6.25. The highest BCUT2D eigenvalue weighted by atomic mass is 35.5. The van der Waals surface area contributed by atoms with E-state index in [1.807, 2.05) is 55.5 Å². The van der Waals surface area contributed by atoms with E-state index in [0.29, 0.717) is 15.6 Å². The number of nitrogens with one attached hydrogen (secondary N) is 1. The van der Waals surface area contributed by atoms with Gasteiger partial charge in [-0.3, -0.25) is 0 Å². The molecule has 0 saturated heterocycles. The molecule has 0 radical (unpaired) electrons. The second-order valence-electron chi connectivity index (χ2n) is 4.83. The molecule has 0 atom stereocenters. The van der Waals surface area contributed by atoms with Crippen LogP contribution in [0.4, 0.5) is 0 Å². The van der Waals surface area contributed by atoms with Gasteiger partial charge < -0.3 is 0 Å². The van der Waals surface area contributed by atoms with Crippen LogP contribution in [-0.4, -0.2) is 21.1 Å². The van der Waals surface area contributed by atoms with E-state index in [-0.39, 0.29) is 0 Å². The first-order valence-corrected chi connectivity index (χ1v) is 7.46. The zero-order chi connectivity index (χ0) is 15.5. The SMILES string of the molecule is Cc1ccc(-c2n[nH]c(=S)n2/N=C/c2cccc(Cl)c2)cc1. The zero-order valence-electron chi connectivity index (χ0n) is 11.8. The lowest BCUT2D eigenvalue weighted by Gasteiger charge is -2.01. The van der Waals surface area contributed by atoms with Gasteiger partial charge in [0.2, 0.25) is 4.77 Å². The molecule has 2 aromatic carbocycles. The Bertz CT molecular complexity index is 878. The molecule has 1 heterocycles.